The summed E-state index contributed by atoms with van der Waals surface area (Å²) in [5, 5.41) is 3.08. The van der Waals surface area contributed by atoms with Gasteiger partial charge in [-0.1, -0.05) is 18.5 Å². The largest absolute Gasteiger partial charge is 0.352 e. The third-order valence-corrected chi connectivity index (χ3v) is 3.75. The van der Waals surface area contributed by atoms with Crippen LogP contribution in [0.15, 0.2) is 16.7 Å². The van der Waals surface area contributed by atoms with Crippen LogP contribution in [0.1, 0.15) is 17.3 Å². The molecular formula is C11H14BrClN2OS. The lowest BCUT2D eigenvalue weighted by Gasteiger charge is -2.11. The molecule has 6 heteroatoms. The second kappa shape index (κ2) is 7.24. The first-order valence-electron chi connectivity index (χ1n) is 5.12. The molecule has 0 saturated carbocycles. The molecule has 1 aromatic rings. The number of halogens is 2. The van der Waals surface area contributed by atoms with Gasteiger partial charge in [0.25, 0.3) is 5.91 Å². The monoisotopic (exact) mass is 336 g/mol. The zero-order valence-corrected chi connectivity index (χ0v) is 12.8. The molecular weight excluding hydrogens is 324 g/mol. The van der Waals surface area contributed by atoms with E-state index in [1.807, 2.05) is 6.26 Å². The number of carbonyl (C=O) groups is 1. The number of aromatic nitrogens is 1. The molecule has 0 aromatic carbocycles. The van der Waals surface area contributed by atoms with Crippen LogP contribution in [0, 0.1) is 5.92 Å². The first-order chi connectivity index (χ1) is 8.04. The lowest BCUT2D eigenvalue weighted by atomic mass is 10.2. The smallest absolute Gasteiger partial charge is 0.254 e. The van der Waals surface area contributed by atoms with Gasteiger partial charge in [-0.2, -0.15) is 11.8 Å². The van der Waals surface area contributed by atoms with Crippen molar-refractivity contribution in [1.82, 2.24) is 10.3 Å². The molecule has 1 heterocycles. The molecule has 1 unspecified atom stereocenters. The van der Waals surface area contributed by atoms with Gasteiger partial charge in [0, 0.05) is 17.2 Å². The topological polar surface area (TPSA) is 42.0 Å². The van der Waals surface area contributed by atoms with E-state index in [-0.39, 0.29) is 11.1 Å². The average Bonchev–Trinajstić information content (AvgIpc) is 2.29. The fourth-order valence-electron chi connectivity index (χ4n) is 1.29. The van der Waals surface area contributed by atoms with Crippen molar-refractivity contribution in [2.75, 3.05) is 18.6 Å². The van der Waals surface area contributed by atoms with E-state index in [1.165, 1.54) is 0 Å². The van der Waals surface area contributed by atoms with Crippen LogP contribution >= 0.6 is 39.3 Å². The Morgan fingerprint density at radius 3 is 3.06 bits per heavy atom. The molecule has 1 aromatic heterocycles. The predicted molar refractivity (Wildman–Crippen MR) is 76.8 cm³/mol. The maximum atomic E-state index is 11.9. The minimum atomic E-state index is -0.184. The fraction of sp³-hybridized carbons (Fsp3) is 0.455. The zero-order chi connectivity index (χ0) is 12.8. The van der Waals surface area contributed by atoms with Crippen molar-refractivity contribution in [2.24, 2.45) is 5.92 Å². The normalized spacial score (nSPS) is 12.2. The summed E-state index contributed by atoms with van der Waals surface area (Å²) in [7, 11) is 0. The second-order valence-electron chi connectivity index (χ2n) is 3.76. The van der Waals surface area contributed by atoms with Crippen molar-refractivity contribution in [3.8, 4) is 0 Å². The molecule has 1 N–H and O–H groups in total. The van der Waals surface area contributed by atoms with Gasteiger partial charge in [0.2, 0.25) is 0 Å². The molecule has 94 valence electrons. The van der Waals surface area contributed by atoms with E-state index in [9.17, 15) is 4.79 Å². The number of hydrogen-bond donors (Lipinski definition) is 1. The van der Waals surface area contributed by atoms with E-state index in [1.54, 1.807) is 24.0 Å². The molecule has 0 aliphatic heterocycles. The Morgan fingerprint density at radius 2 is 2.41 bits per heavy atom. The second-order valence-corrected chi connectivity index (χ2v) is 5.95. The summed E-state index contributed by atoms with van der Waals surface area (Å²) in [5.74, 6) is 1.27. The molecule has 1 rings (SSSR count). The lowest BCUT2D eigenvalue weighted by Crippen LogP contribution is -2.29. The number of nitrogens with one attached hydrogen (secondary N) is 1. The first-order valence-corrected chi connectivity index (χ1v) is 7.69. The van der Waals surface area contributed by atoms with E-state index >= 15 is 0 Å². The molecule has 0 saturated heterocycles. The Balaban J connectivity index is 2.61. The van der Waals surface area contributed by atoms with E-state index in [0.29, 0.717) is 18.0 Å². The molecule has 1 amide bonds. The molecule has 0 radical (unpaired) electrons. The summed E-state index contributed by atoms with van der Waals surface area (Å²) in [6, 6.07) is 1.67. The fourth-order valence-corrected chi connectivity index (χ4v) is 2.49. The highest BCUT2D eigenvalue weighted by Gasteiger charge is 2.12. The maximum Gasteiger partial charge on any atom is 0.254 e. The molecule has 0 fully saturated rings. The highest BCUT2D eigenvalue weighted by Crippen LogP contribution is 2.17. The van der Waals surface area contributed by atoms with E-state index in [0.717, 1.165) is 10.2 Å². The number of rotatable bonds is 5. The van der Waals surface area contributed by atoms with Gasteiger partial charge < -0.3 is 5.32 Å². The predicted octanol–water partition coefficient (Wildman–Crippen LogP) is 3.23. The van der Waals surface area contributed by atoms with Crippen molar-refractivity contribution in [1.29, 1.82) is 0 Å². The van der Waals surface area contributed by atoms with Crippen LogP contribution in [-0.4, -0.2) is 29.4 Å². The van der Waals surface area contributed by atoms with Crippen molar-refractivity contribution >= 4 is 45.2 Å². The summed E-state index contributed by atoms with van der Waals surface area (Å²) in [6.07, 6.45) is 3.61. The van der Waals surface area contributed by atoms with Crippen LogP contribution in [0.2, 0.25) is 5.15 Å². The number of thioether (sulfide) groups is 1. The van der Waals surface area contributed by atoms with Gasteiger partial charge >= 0.3 is 0 Å². The molecule has 3 nitrogen and oxygen atoms in total. The highest BCUT2D eigenvalue weighted by atomic mass is 79.9. The Bertz CT molecular complexity index is 403. The van der Waals surface area contributed by atoms with Gasteiger partial charge in [0.15, 0.2) is 0 Å². The molecule has 0 spiro atoms. The average molecular weight is 338 g/mol. The number of pyridine rings is 1. The lowest BCUT2D eigenvalue weighted by molar-refractivity contribution is 0.0949. The highest BCUT2D eigenvalue weighted by molar-refractivity contribution is 9.10. The Hall–Kier alpha value is -0.260. The van der Waals surface area contributed by atoms with Crippen LogP contribution in [0.3, 0.4) is 0 Å². The third-order valence-electron chi connectivity index (χ3n) is 2.11. The standard InChI is InChI=1S/C11H14BrClN2OS/c1-7(6-17-2)4-15-11(16)9-3-8(12)5-14-10(9)13/h3,5,7H,4,6H2,1-2H3,(H,15,16). The molecule has 17 heavy (non-hydrogen) atoms. The van der Waals surface area contributed by atoms with Crippen LogP contribution in [0.4, 0.5) is 0 Å². The van der Waals surface area contributed by atoms with Gasteiger partial charge in [-0.15, -0.1) is 0 Å². The van der Waals surface area contributed by atoms with Gasteiger partial charge in [-0.05, 0) is 39.9 Å². The summed E-state index contributed by atoms with van der Waals surface area (Å²) >= 11 is 10.9. The van der Waals surface area contributed by atoms with Crippen molar-refractivity contribution in [2.45, 2.75) is 6.92 Å². The van der Waals surface area contributed by atoms with Crippen LogP contribution < -0.4 is 5.32 Å². The van der Waals surface area contributed by atoms with Crippen LogP contribution in [0.5, 0.6) is 0 Å². The van der Waals surface area contributed by atoms with Gasteiger partial charge in [-0.3, -0.25) is 4.79 Å². The van der Waals surface area contributed by atoms with Crippen LogP contribution in [-0.2, 0) is 0 Å². The third kappa shape index (κ3) is 4.85. The van der Waals surface area contributed by atoms with Crippen molar-refractivity contribution in [3.05, 3.63) is 27.5 Å². The number of amides is 1. The van der Waals surface area contributed by atoms with Crippen LogP contribution in [0.25, 0.3) is 0 Å². The van der Waals surface area contributed by atoms with Gasteiger partial charge in [0.05, 0.1) is 5.56 Å². The van der Waals surface area contributed by atoms with Gasteiger partial charge in [-0.25, -0.2) is 4.98 Å². The molecule has 0 aliphatic rings. The van der Waals surface area contributed by atoms with Crippen molar-refractivity contribution < 1.29 is 4.79 Å². The Morgan fingerprint density at radius 1 is 1.71 bits per heavy atom. The number of hydrogen-bond acceptors (Lipinski definition) is 3. The molecule has 1 atom stereocenters. The zero-order valence-electron chi connectivity index (χ0n) is 9.67. The maximum absolute atomic E-state index is 11.9. The summed E-state index contributed by atoms with van der Waals surface area (Å²) in [4.78, 5) is 15.8. The Kier molecular flexibility index (Phi) is 6.30. The minimum Gasteiger partial charge on any atom is -0.352 e. The quantitative estimate of drug-likeness (QED) is 0.839. The first kappa shape index (κ1) is 14.8. The summed E-state index contributed by atoms with van der Waals surface area (Å²) in [6.45, 7) is 2.74. The van der Waals surface area contributed by atoms with Gasteiger partial charge in [0.1, 0.15) is 5.15 Å². The molecule has 0 aliphatic carbocycles. The summed E-state index contributed by atoms with van der Waals surface area (Å²) in [5.41, 5.74) is 0.400. The summed E-state index contributed by atoms with van der Waals surface area (Å²) < 4.78 is 0.740. The number of nitrogens with zero attached hydrogens (tertiary/aromatic N) is 1. The Labute approximate surface area is 119 Å². The van der Waals surface area contributed by atoms with E-state index in [2.05, 4.69) is 33.2 Å². The molecule has 0 bridgehead atoms. The number of carbonyl (C=O) groups excluding carboxylic acids is 1. The SMILES string of the molecule is CSCC(C)CNC(=O)c1cc(Br)cnc1Cl. The van der Waals surface area contributed by atoms with E-state index in [4.69, 9.17) is 11.6 Å². The van der Waals surface area contributed by atoms with E-state index < -0.39 is 0 Å². The minimum absolute atomic E-state index is 0.184. The van der Waals surface area contributed by atoms with Crippen molar-refractivity contribution in [3.63, 3.8) is 0 Å².